The molecule has 0 aromatic heterocycles. The summed E-state index contributed by atoms with van der Waals surface area (Å²) in [6.07, 6.45) is 1.21. The Hall–Kier alpha value is -3.19. The molecule has 0 fully saturated rings. The molecule has 1 aliphatic rings. The number of fused-ring (bicyclic) bond motifs is 1. The maximum Gasteiger partial charge on any atom is 0.249 e. The van der Waals surface area contributed by atoms with E-state index in [1.165, 1.54) is 0 Å². The molecule has 0 radical (unpaired) electrons. The van der Waals surface area contributed by atoms with Crippen molar-refractivity contribution in [2.45, 2.75) is 18.9 Å². The quantitative estimate of drug-likeness (QED) is 0.539. The zero-order valence-corrected chi connectivity index (χ0v) is 16.8. The van der Waals surface area contributed by atoms with Crippen LogP contribution in [0.5, 0.6) is 0 Å². The van der Waals surface area contributed by atoms with E-state index in [2.05, 4.69) is 16.0 Å². The Kier molecular flexibility index (Phi) is 6.61. The van der Waals surface area contributed by atoms with Gasteiger partial charge in [0.1, 0.15) is 6.04 Å². The second kappa shape index (κ2) is 9.34. The van der Waals surface area contributed by atoms with Gasteiger partial charge in [-0.3, -0.25) is 9.59 Å². The first-order chi connectivity index (χ1) is 14.0. The van der Waals surface area contributed by atoms with Crippen molar-refractivity contribution >= 4 is 28.9 Å². The normalized spacial score (nSPS) is 16.0. The molecule has 1 heterocycles. The molecule has 7 nitrogen and oxygen atoms in total. The molecule has 0 saturated heterocycles. The highest BCUT2D eigenvalue weighted by atomic mass is 16.2. The van der Waals surface area contributed by atoms with Crippen LogP contribution in [0, 0.1) is 5.41 Å². The van der Waals surface area contributed by atoms with E-state index < -0.39 is 6.04 Å². The number of nitrogens with one attached hydrogen (secondary N) is 4. The van der Waals surface area contributed by atoms with Crippen molar-refractivity contribution in [2.24, 2.45) is 0 Å². The molecule has 1 unspecified atom stereocenters. The van der Waals surface area contributed by atoms with Crippen LogP contribution >= 0.6 is 0 Å². The van der Waals surface area contributed by atoms with E-state index in [1.807, 2.05) is 55.6 Å². The van der Waals surface area contributed by atoms with Crippen LogP contribution in [0.1, 0.15) is 17.5 Å². The lowest BCUT2D eigenvalue weighted by atomic mass is 10.1. The number of carbonyl (C=O) groups excluding carboxylic acids is 2. The van der Waals surface area contributed by atoms with Gasteiger partial charge in [0.2, 0.25) is 11.8 Å². The maximum absolute atomic E-state index is 13.3. The van der Waals surface area contributed by atoms with Crippen LogP contribution in [0.15, 0.2) is 48.5 Å². The Morgan fingerprint density at radius 2 is 1.86 bits per heavy atom. The van der Waals surface area contributed by atoms with Gasteiger partial charge in [-0.15, -0.1) is 0 Å². The highest BCUT2D eigenvalue weighted by molar-refractivity contribution is 6.11. The molecule has 152 valence electrons. The molecule has 7 heteroatoms. The second-order valence-corrected chi connectivity index (χ2v) is 7.02. The Labute approximate surface area is 171 Å². The Morgan fingerprint density at radius 3 is 2.62 bits per heavy atom. The topological polar surface area (TPSA) is 97.3 Å². The van der Waals surface area contributed by atoms with Crippen molar-refractivity contribution < 1.29 is 9.59 Å². The number of rotatable bonds is 7. The van der Waals surface area contributed by atoms with Crippen molar-refractivity contribution in [1.29, 1.82) is 5.41 Å². The molecule has 4 N–H and O–H groups in total. The van der Waals surface area contributed by atoms with E-state index in [0.717, 1.165) is 22.5 Å². The molecular weight excluding hydrogens is 366 g/mol. The van der Waals surface area contributed by atoms with Crippen molar-refractivity contribution in [3.8, 4) is 0 Å². The van der Waals surface area contributed by atoms with Gasteiger partial charge >= 0.3 is 0 Å². The summed E-state index contributed by atoms with van der Waals surface area (Å²) in [5, 5.41) is 17.4. The van der Waals surface area contributed by atoms with Crippen LogP contribution in [0.2, 0.25) is 0 Å². The largest absolute Gasteiger partial charge is 0.388 e. The lowest BCUT2D eigenvalue weighted by Crippen LogP contribution is -2.50. The second-order valence-electron chi connectivity index (χ2n) is 7.02. The summed E-state index contributed by atoms with van der Waals surface area (Å²) in [5.41, 5.74) is 3.77. The number of para-hydroxylation sites is 2. The molecular formula is C22H27N5O2. The Bertz CT molecular complexity index is 912. The zero-order valence-electron chi connectivity index (χ0n) is 16.8. The van der Waals surface area contributed by atoms with E-state index in [4.69, 9.17) is 5.41 Å². The number of amides is 2. The zero-order chi connectivity index (χ0) is 20.8. The van der Waals surface area contributed by atoms with Gasteiger partial charge in [-0.2, -0.15) is 0 Å². The van der Waals surface area contributed by atoms with Crippen LogP contribution in [0.25, 0.3) is 0 Å². The first-order valence-corrected chi connectivity index (χ1v) is 9.73. The lowest BCUT2D eigenvalue weighted by Gasteiger charge is -2.27. The summed E-state index contributed by atoms with van der Waals surface area (Å²) >= 11 is 0. The third kappa shape index (κ3) is 4.63. The first kappa shape index (κ1) is 20.5. The van der Waals surface area contributed by atoms with Gasteiger partial charge in [-0.1, -0.05) is 36.4 Å². The fraction of sp³-hybridized carbons (Fsp3) is 0.318. The molecule has 0 aliphatic carbocycles. The summed E-state index contributed by atoms with van der Waals surface area (Å²) in [5.74, 6) is -0.404. The summed E-state index contributed by atoms with van der Waals surface area (Å²) in [4.78, 5) is 27.1. The molecule has 2 amide bonds. The number of carbonyl (C=O) groups is 2. The average molecular weight is 393 g/mol. The van der Waals surface area contributed by atoms with Crippen LogP contribution in [-0.4, -0.2) is 50.8 Å². The minimum Gasteiger partial charge on any atom is -0.388 e. The summed E-state index contributed by atoms with van der Waals surface area (Å²) in [6.45, 7) is 0.287. The standard InChI is InChI=1S/C22H27N5O2/c1-24-13-21(28)26-19-12-11-15-7-3-6-10-20(15)27(22(19)29)14-17(23)16-8-4-5-9-18(16)25-2/h3-10,19,23-25H,11-14H2,1-2H3,(H,26,28). The highest BCUT2D eigenvalue weighted by Crippen LogP contribution is 2.28. The molecule has 3 rings (SSSR count). The first-order valence-electron chi connectivity index (χ1n) is 9.73. The van der Waals surface area contributed by atoms with Gasteiger partial charge in [0, 0.05) is 24.0 Å². The molecule has 1 atom stereocenters. The predicted molar refractivity (Wildman–Crippen MR) is 116 cm³/mol. The van der Waals surface area contributed by atoms with Gasteiger partial charge in [0.05, 0.1) is 18.8 Å². The number of hydrogen-bond donors (Lipinski definition) is 4. The van der Waals surface area contributed by atoms with E-state index in [0.29, 0.717) is 18.6 Å². The van der Waals surface area contributed by atoms with E-state index in [9.17, 15) is 9.59 Å². The van der Waals surface area contributed by atoms with E-state index in [1.54, 1.807) is 11.9 Å². The van der Waals surface area contributed by atoms with Crippen molar-refractivity contribution in [1.82, 2.24) is 10.6 Å². The maximum atomic E-state index is 13.3. The van der Waals surface area contributed by atoms with Gasteiger partial charge in [-0.25, -0.2) is 0 Å². The molecule has 29 heavy (non-hydrogen) atoms. The third-order valence-corrected chi connectivity index (χ3v) is 5.06. The summed E-state index contributed by atoms with van der Waals surface area (Å²) < 4.78 is 0. The monoisotopic (exact) mass is 393 g/mol. The molecule has 0 spiro atoms. The molecule has 0 saturated carbocycles. The van der Waals surface area contributed by atoms with Crippen molar-refractivity contribution in [3.05, 3.63) is 59.7 Å². The number of likely N-dealkylation sites (N-methyl/N-ethyl adjacent to an activating group) is 1. The van der Waals surface area contributed by atoms with Gasteiger partial charge in [-0.05, 0) is 37.6 Å². The van der Waals surface area contributed by atoms with Gasteiger partial charge in [0.25, 0.3) is 0 Å². The summed E-state index contributed by atoms with van der Waals surface area (Å²) in [7, 11) is 3.50. The van der Waals surface area contributed by atoms with Gasteiger partial charge < -0.3 is 26.3 Å². The fourth-order valence-corrected chi connectivity index (χ4v) is 3.63. The number of hydrogen-bond acceptors (Lipinski definition) is 5. The van der Waals surface area contributed by atoms with Crippen LogP contribution in [-0.2, 0) is 16.0 Å². The number of anilines is 2. The summed E-state index contributed by atoms with van der Waals surface area (Å²) in [6, 6.07) is 14.7. The third-order valence-electron chi connectivity index (χ3n) is 5.06. The van der Waals surface area contributed by atoms with Crippen molar-refractivity contribution in [3.63, 3.8) is 0 Å². The van der Waals surface area contributed by atoms with Crippen LogP contribution in [0.4, 0.5) is 11.4 Å². The SMILES string of the molecule is CNCC(=O)NC1CCc2ccccc2N(CC(=N)c2ccccc2NC)C1=O. The van der Waals surface area contributed by atoms with Crippen LogP contribution < -0.4 is 20.9 Å². The Balaban J connectivity index is 1.91. The highest BCUT2D eigenvalue weighted by Gasteiger charge is 2.32. The smallest absolute Gasteiger partial charge is 0.249 e. The van der Waals surface area contributed by atoms with E-state index >= 15 is 0 Å². The number of nitrogens with zero attached hydrogens (tertiary/aromatic N) is 1. The molecule has 2 aromatic carbocycles. The molecule has 1 aliphatic heterocycles. The average Bonchev–Trinajstić information content (AvgIpc) is 2.86. The fourth-order valence-electron chi connectivity index (χ4n) is 3.63. The minimum atomic E-state index is -0.615. The number of benzene rings is 2. The van der Waals surface area contributed by atoms with Crippen LogP contribution in [0.3, 0.4) is 0 Å². The predicted octanol–water partition coefficient (Wildman–Crippen LogP) is 1.78. The lowest BCUT2D eigenvalue weighted by molar-refractivity contribution is -0.127. The number of aryl methyl sites for hydroxylation is 1. The Morgan fingerprint density at radius 1 is 1.14 bits per heavy atom. The van der Waals surface area contributed by atoms with E-state index in [-0.39, 0.29) is 24.9 Å². The minimum absolute atomic E-state index is 0.132. The molecule has 2 aromatic rings. The van der Waals surface area contributed by atoms with Crippen molar-refractivity contribution in [2.75, 3.05) is 37.4 Å². The van der Waals surface area contributed by atoms with Gasteiger partial charge in [0.15, 0.2) is 0 Å². The molecule has 0 bridgehead atoms.